The zero-order valence-electron chi connectivity index (χ0n) is 16.0. The molecule has 0 aliphatic carbocycles. The second-order valence-electron chi connectivity index (χ2n) is 6.50. The Morgan fingerprint density at radius 2 is 1.92 bits per heavy atom. The van der Waals surface area contributed by atoms with Gasteiger partial charge in [-0.1, -0.05) is 6.07 Å². The smallest absolute Gasteiger partial charge is 0.239 e. The van der Waals surface area contributed by atoms with E-state index in [4.69, 9.17) is 9.47 Å². The highest BCUT2D eigenvalue weighted by molar-refractivity contribution is 5.86. The maximum absolute atomic E-state index is 11.8. The molecule has 0 radical (unpaired) electrons. The molecule has 1 aromatic carbocycles. The number of rotatable bonds is 7. The number of ether oxygens (including phenoxy) is 2. The lowest BCUT2D eigenvalue weighted by Gasteiger charge is -2.21. The number of nitrogens with one attached hydrogen (secondary N) is 3. The van der Waals surface area contributed by atoms with E-state index >= 15 is 0 Å². The molecule has 0 heterocycles. The maximum Gasteiger partial charge on any atom is 0.239 e. The van der Waals surface area contributed by atoms with Crippen molar-refractivity contribution in [2.45, 2.75) is 39.8 Å². The van der Waals surface area contributed by atoms with Crippen LogP contribution in [0.2, 0.25) is 0 Å². The molecule has 0 aromatic heterocycles. The van der Waals surface area contributed by atoms with E-state index in [-0.39, 0.29) is 18.0 Å². The largest absolute Gasteiger partial charge is 0.493 e. The van der Waals surface area contributed by atoms with Crippen molar-refractivity contribution < 1.29 is 14.3 Å². The van der Waals surface area contributed by atoms with Crippen molar-refractivity contribution in [3.63, 3.8) is 0 Å². The lowest BCUT2D eigenvalue weighted by Crippen LogP contribution is -2.48. The first kappa shape index (κ1) is 20.6. The molecule has 1 amide bonds. The van der Waals surface area contributed by atoms with Gasteiger partial charge >= 0.3 is 0 Å². The van der Waals surface area contributed by atoms with Crippen molar-refractivity contribution in [3.05, 3.63) is 23.8 Å². The second-order valence-corrected chi connectivity index (χ2v) is 6.50. The first-order chi connectivity index (χ1) is 11.8. The van der Waals surface area contributed by atoms with Crippen molar-refractivity contribution in [1.82, 2.24) is 16.0 Å². The zero-order valence-corrected chi connectivity index (χ0v) is 16.0. The number of carbonyl (C=O) groups excluding carboxylic acids is 1. The molecule has 0 saturated heterocycles. The Labute approximate surface area is 150 Å². The quantitative estimate of drug-likeness (QED) is 0.515. The van der Waals surface area contributed by atoms with Gasteiger partial charge in [0.1, 0.15) is 0 Å². The average molecular weight is 350 g/mol. The number of methoxy groups -OCH3 is 1. The number of nitrogens with zero attached hydrogens (tertiary/aromatic N) is 1. The molecule has 140 valence electrons. The summed E-state index contributed by atoms with van der Waals surface area (Å²) in [6, 6.07) is 5.75. The van der Waals surface area contributed by atoms with Gasteiger partial charge in [0.2, 0.25) is 5.91 Å². The Morgan fingerprint density at radius 1 is 1.20 bits per heavy atom. The van der Waals surface area contributed by atoms with Gasteiger partial charge in [-0.3, -0.25) is 9.79 Å². The fraction of sp³-hybridized carbons (Fsp3) is 0.556. The fourth-order valence-electron chi connectivity index (χ4n) is 2.13. The molecular formula is C18H30N4O3. The van der Waals surface area contributed by atoms with Gasteiger partial charge in [-0.25, -0.2) is 0 Å². The molecule has 0 aliphatic rings. The van der Waals surface area contributed by atoms with Crippen molar-refractivity contribution in [2.75, 3.05) is 27.3 Å². The summed E-state index contributed by atoms with van der Waals surface area (Å²) in [5, 5.41) is 9.05. The lowest BCUT2D eigenvalue weighted by molar-refractivity contribution is -0.121. The molecule has 0 bridgehead atoms. The summed E-state index contributed by atoms with van der Waals surface area (Å²) in [5.74, 6) is 1.87. The van der Waals surface area contributed by atoms with Crippen molar-refractivity contribution in [3.8, 4) is 11.5 Å². The van der Waals surface area contributed by atoms with E-state index in [9.17, 15) is 4.79 Å². The van der Waals surface area contributed by atoms with Crippen molar-refractivity contribution in [2.24, 2.45) is 4.99 Å². The molecule has 0 unspecified atom stereocenters. The van der Waals surface area contributed by atoms with Gasteiger partial charge in [0.05, 0.1) is 20.3 Å². The standard InChI is InChI=1S/C18H30N4O3/c1-7-25-14-9-8-13(10-15(14)24-6)11-20-17(19-5)21-12-16(23)22-18(2,3)4/h8-10H,7,11-12H2,1-6H3,(H,22,23)(H2,19,20,21). The number of amides is 1. The van der Waals surface area contributed by atoms with Gasteiger partial charge in [-0.2, -0.15) is 0 Å². The molecule has 0 spiro atoms. The number of carbonyl (C=O) groups is 1. The molecule has 0 aliphatic heterocycles. The van der Waals surface area contributed by atoms with Gasteiger partial charge in [0, 0.05) is 19.1 Å². The van der Waals surface area contributed by atoms with Gasteiger partial charge in [-0.05, 0) is 45.4 Å². The van der Waals surface area contributed by atoms with E-state index in [0.29, 0.717) is 24.9 Å². The third kappa shape index (κ3) is 7.78. The molecule has 1 aromatic rings. The first-order valence-electron chi connectivity index (χ1n) is 8.34. The number of aliphatic imine (C=N–C) groups is 1. The SMILES string of the molecule is CCOc1ccc(CNC(=NC)NCC(=O)NC(C)(C)C)cc1OC. The van der Waals surface area contributed by atoms with Crippen LogP contribution >= 0.6 is 0 Å². The van der Waals surface area contributed by atoms with E-state index in [1.807, 2.05) is 45.9 Å². The summed E-state index contributed by atoms with van der Waals surface area (Å²) in [7, 11) is 3.28. The Morgan fingerprint density at radius 3 is 2.48 bits per heavy atom. The minimum atomic E-state index is -0.255. The van der Waals surface area contributed by atoms with Crippen molar-refractivity contribution in [1.29, 1.82) is 0 Å². The van der Waals surface area contributed by atoms with Gasteiger partial charge in [0.15, 0.2) is 17.5 Å². The molecule has 7 nitrogen and oxygen atoms in total. The van der Waals surface area contributed by atoms with Crippen LogP contribution in [0.25, 0.3) is 0 Å². The normalized spacial score (nSPS) is 11.7. The zero-order chi connectivity index (χ0) is 18.9. The Hall–Kier alpha value is -2.44. The lowest BCUT2D eigenvalue weighted by atomic mass is 10.1. The van der Waals surface area contributed by atoms with Crippen LogP contribution in [0.1, 0.15) is 33.3 Å². The number of hydrogen-bond donors (Lipinski definition) is 3. The van der Waals surface area contributed by atoms with Crippen LogP contribution in [-0.4, -0.2) is 44.7 Å². The minimum Gasteiger partial charge on any atom is -0.493 e. The van der Waals surface area contributed by atoms with Crippen LogP contribution < -0.4 is 25.4 Å². The highest BCUT2D eigenvalue weighted by Gasteiger charge is 2.13. The van der Waals surface area contributed by atoms with Crippen LogP contribution in [-0.2, 0) is 11.3 Å². The molecule has 7 heteroatoms. The highest BCUT2D eigenvalue weighted by atomic mass is 16.5. The fourth-order valence-corrected chi connectivity index (χ4v) is 2.13. The monoisotopic (exact) mass is 350 g/mol. The number of benzene rings is 1. The van der Waals surface area contributed by atoms with E-state index < -0.39 is 0 Å². The first-order valence-corrected chi connectivity index (χ1v) is 8.34. The molecule has 0 atom stereocenters. The van der Waals surface area contributed by atoms with E-state index in [0.717, 1.165) is 11.3 Å². The topological polar surface area (TPSA) is 84.0 Å². The Bertz CT molecular complexity index is 594. The van der Waals surface area contributed by atoms with Crippen LogP contribution in [0.3, 0.4) is 0 Å². The third-order valence-electron chi connectivity index (χ3n) is 3.14. The van der Waals surface area contributed by atoms with Crippen LogP contribution in [0.4, 0.5) is 0 Å². The van der Waals surface area contributed by atoms with Crippen molar-refractivity contribution >= 4 is 11.9 Å². The third-order valence-corrected chi connectivity index (χ3v) is 3.14. The highest BCUT2D eigenvalue weighted by Crippen LogP contribution is 2.27. The summed E-state index contributed by atoms with van der Waals surface area (Å²) in [4.78, 5) is 16.0. The Balaban J connectivity index is 2.56. The van der Waals surface area contributed by atoms with Crippen LogP contribution in [0, 0.1) is 0 Å². The summed E-state index contributed by atoms with van der Waals surface area (Å²) in [6.45, 7) is 9.04. The second kappa shape index (κ2) is 9.76. The Kier molecular flexibility index (Phi) is 8.04. The van der Waals surface area contributed by atoms with E-state index in [1.54, 1.807) is 14.2 Å². The number of hydrogen-bond acceptors (Lipinski definition) is 4. The van der Waals surface area contributed by atoms with Crippen LogP contribution in [0.5, 0.6) is 11.5 Å². The average Bonchev–Trinajstić information content (AvgIpc) is 2.54. The molecule has 3 N–H and O–H groups in total. The molecular weight excluding hydrogens is 320 g/mol. The predicted molar refractivity (Wildman–Crippen MR) is 100 cm³/mol. The molecule has 0 saturated carbocycles. The van der Waals surface area contributed by atoms with E-state index in [1.165, 1.54) is 0 Å². The molecule has 25 heavy (non-hydrogen) atoms. The summed E-state index contributed by atoms with van der Waals surface area (Å²) in [5.41, 5.74) is 0.761. The number of guanidine groups is 1. The van der Waals surface area contributed by atoms with E-state index in [2.05, 4.69) is 20.9 Å². The minimum absolute atomic E-state index is 0.0850. The summed E-state index contributed by atoms with van der Waals surface area (Å²) < 4.78 is 10.9. The van der Waals surface area contributed by atoms with Gasteiger partial charge in [0.25, 0.3) is 0 Å². The summed E-state index contributed by atoms with van der Waals surface area (Å²) in [6.07, 6.45) is 0. The molecule has 1 rings (SSSR count). The van der Waals surface area contributed by atoms with Gasteiger partial charge < -0.3 is 25.4 Å². The van der Waals surface area contributed by atoms with Crippen LogP contribution in [0.15, 0.2) is 23.2 Å². The molecule has 0 fully saturated rings. The maximum atomic E-state index is 11.8. The van der Waals surface area contributed by atoms with Gasteiger partial charge in [-0.15, -0.1) is 0 Å². The summed E-state index contributed by atoms with van der Waals surface area (Å²) >= 11 is 0. The predicted octanol–water partition coefficient (Wildman–Crippen LogP) is 1.67.